The fraction of sp³-hybridized carbons (Fsp3) is 0.933. The molecule has 3 N–H and O–H groups in total. The molecule has 1 fully saturated rings. The van der Waals surface area contributed by atoms with Gasteiger partial charge in [0.2, 0.25) is 0 Å². The first-order chi connectivity index (χ1) is 9.58. The highest BCUT2D eigenvalue weighted by Gasteiger charge is 2.12. The lowest BCUT2D eigenvalue weighted by Gasteiger charge is -2.32. The molecule has 0 aromatic rings. The molecule has 0 unspecified atom stereocenters. The molecule has 1 saturated heterocycles. The molecule has 1 heterocycles. The Morgan fingerprint density at radius 3 is 2.48 bits per heavy atom. The topological polar surface area (TPSA) is 56.9 Å². The van der Waals surface area contributed by atoms with E-state index < -0.39 is 0 Å². The molecule has 0 aromatic heterocycles. The van der Waals surface area contributed by atoms with Crippen LogP contribution in [0, 0.1) is 5.92 Å². The van der Waals surface area contributed by atoms with Crippen LogP contribution < -0.4 is 11.1 Å². The number of unbranched alkanes of at least 4 members (excludes halogenated alkanes) is 1. The van der Waals surface area contributed by atoms with Gasteiger partial charge in [-0.25, -0.2) is 0 Å². The van der Waals surface area contributed by atoms with Crippen LogP contribution in [0.25, 0.3) is 0 Å². The minimum atomic E-state index is 0. The van der Waals surface area contributed by atoms with Gasteiger partial charge in [-0.2, -0.15) is 0 Å². The largest absolute Gasteiger partial charge is 0.370 e. The van der Waals surface area contributed by atoms with Crippen LogP contribution in [0.2, 0.25) is 0 Å². The van der Waals surface area contributed by atoms with E-state index in [2.05, 4.69) is 41.0 Å². The number of piperazine rings is 1. The maximum atomic E-state index is 5.82. The number of rotatable bonds is 8. The van der Waals surface area contributed by atoms with Crippen molar-refractivity contribution in [2.45, 2.75) is 33.1 Å². The Labute approximate surface area is 147 Å². The van der Waals surface area contributed by atoms with Crippen molar-refractivity contribution in [3.8, 4) is 0 Å². The van der Waals surface area contributed by atoms with Gasteiger partial charge in [-0.1, -0.05) is 13.8 Å². The number of nitrogens with two attached hydrogens (primary N) is 1. The van der Waals surface area contributed by atoms with E-state index in [-0.39, 0.29) is 24.0 Å². The summed E-state index contributed by atoms with van der Waals surface area (Å²) in [7, 11) is 2.20. The molecule has 126 valence electrons. The van der Waals surface area contributed by atoms with E-state index in [1.165, 1.54) is 39.1 Å². The summed E-state index contributed by atoms with van der Waals surface area (Å²) in [5, 5.41) is 3.17. The van der Waals surface area contributed by atoms with Gasteiger partial charge in [-0.05, 0) is 38.8 Å². The van der Waals surface area contributed by atoms with Gasteiger partial charge in [0.15, 0.2) is 5.96 Å². The molecule has 0 amide bonds. The molecule has 1 aliphatic rings. The summed E-state index contributed by atoms with van der Waals surface area (Å²) in [6, 6.07) is 0. The van der Waals surface area contributed by atoms with Gasteiger partial charge in [0.1, 0.15) is 0 Å². The third kappa shape index (κ3) is 11.2. The Bertz CT molecular complexity index is 275. The number of guanidine groups is 1. The Balaban J connectivity index is 0.00000400. The highest BCUT2D eigenvalue weighted by atomic mass is 127. The van der Waals surface area contributed by atoms with E-state index >= 15 is 0 Å². The van der Waals surface area contributed by atoms with Crippen molar-refractivity contribution in [1.29, 1.82) is 0 Å². The first-order valence-electron chi connectivity index (χ1n) is 8.02. The van der Waals surface area contributed by atoms with E-state index in [9.17, 15) is 0 Å². The highest BCUT2D eigenvalue weighted by molar-refractivity contribution is 14.0. The molecular weight excluding hydrogens is 377 g/mol. The summed E-state index contributed by atoms with van der Waals surface area (Å²) in [5.74, 6) is 1.31. The Kier molecular flexibility index (Phi) is 12.4. The molecule has 0 saturated carbocycles. The van der Waals surface area contributed by atoms with Gasteiger partial charge in [0.05, 0.1) is 0 Å². The lowest BCUT2D eigenvalue weighted by molar-refractivity contribution is 0.152. The molecule has 1 aliphatic heterocycles. The smallest absolute Gasteiger partial charge is 0.188 e. The van der Waals surface area contributed by atoms with Gasteiger partial charge < -0.3 is 20.9 Å². The van der Waals surface area contributed by atoms with Crippen LogP contribution in [0.3, 0.4) is 0 Å². The number of likely N-dealkylation sites (N-methyl/N-ethyl adjacent to an activating group) is 1. The second-order valence-corrected chi connectivity index (χ2v) is 6.23. The van der Waals surface area contributed by atoms with Gasteiger partial charge in [0.25, 0.3) is 0 Å². The predicted molar refractivity (Wildman–Crippen MR) is 103 cm³/mol. The minimum Gasteiger partial charge on any atom is -0.370 e. The van der Waals surface area contributed by atoms with Crippen molar-refractivity contribution in [2.24, 2.45) is 16.6 Å². The van der Waals surface area contributed by atoms with Gasteiger partial charge in [-0.15, -0.1) is 24.0 Å². The summed E-state index contributed by atoms with van der Waals surface area (Å²) in [6.07, 6.45) is 3.48. The lowest BCUT2D eigenvalue weighted by atomic mass is 10.1. The monoisotopic (exact) mass is 411 g/mol. The number of nitrogens with zero attached hydrogens (tertiary/aromatic N) is 3. The summed E-state index contributed by atoms with van der Waals surface area (Å²) >= 11 is 0. The molecule has 0 bridgehead atoms. The Morgan fingerprint density at radius 1 is 1.19 bits per heavy atom. The van der Waals surface area contributed by atoms with Gasteiger partial charge >= 0.3 is 0 Å². The maximum Gasteiger partial charge on any atom is 0.188 e. The number of halogens is 1. The van der Waals surface area contributed by atoms with Crippen LogP contribution in [-0.2, 0) is 0 Å². The molecular formula is C15H34IN5. The number of hydrogen-bond acceptors (Lipinski definition) is 3. The van der Waals surface area contributed by atoms with E-state index in [1.807, 2.05) is 0 Å². The molecule has 0 radical (unpaired) electrons. The zero-order valence-electron chi connectivity index (χ0n) is 14.0. The van der Waals surface area contributed by atoms with Gasteiger partial charge in [0, 0.05) is 39.3 Å². The summed E-state index contributed by atoms with van der Waals surface area (Å²) in [4.78, 5) is 9.32. The fourth-order valence-electron chi connectivity index (χ4n) is 2.26. The van der Waals surface area contributed by atoms with Crippen LogP contribution in [0.5, 0.6) is 0 Å². The van der Waals surface area contributed by atoms with Crippen molar-refractivity contribution in [2.75, 3.05) is 52.9 Å². The fourth-order valence-corrected chi connectivity index (χ4v) is 2.26. The average molecular weight is 411 g/mol. The highest BCUT2D eigenvalue weighted by Crippen LogP contribution is 2.01. The molecule has 6 heteroatoms. The number of aliphatic imine (C=N–C) groups is 1. The van der Waals surface area contributed by atoms with E-state index in [1.54, 1.807) is 0 Å². The molecule has 0 aliphatic carbocycles. The number of nitrogens with one attached hydrogen (secondary N) is 1. The first-order valence-corrected chi connectivity index (χ1v) is 8.02. The van der Waals surface area contributed by atoms with Crippen molar-refractivity contribution in [1.82, 2.24) is 15.1 Å². The summed E-state index contributed by atoms with van der Waals surface area (Å²) in [6.45, 7) is 12.2. The Hall–Kier alpha value is -0.0800. The average Bonchev–Trinajstić information content (AvgIpc) is 2.40. The molecule has 1 rings (SSSR count). The summed E-state index contributed by atoms with van der Waals surface area (Å²) < 4.78 is 0. The molecule has 5 nitrogen and oxygen atoms in total. The standard InChI is InChI=1S/C15H33N5.HI/c1-14(2)6-8-18-15(16)17-7-4-5-9-20-12-10-19(3)11-13-20;/h14H,4-13H2,1-3H3,(H3,16,17,18);1H. The van der Waals surface area contributed by atoms with E-state index in [0.717, 1.165) is 25.9 Å². The van der Waals surface area contributed by atoms with Crippen molar-refractivity contribution >= 4 is 29.9 Å². The van der Waals surface area contributed by atoms with E-state index in [4.69, 9.17) is 5.73 Å². The van der Waals surface area contributed by atoms with Crippen LogP contribution >= 0.6 is 24.0 Å². The summed E-state index contributed by atoms with van der Waals surface area (Å²) in [5.41, 5.74) is 5.82. The third-order valence-electron chi connectivity index (χ3n) is 3.79. The van der Waals surface area contributed by atoms with Crippen LogP contribution in [0.1, 0.15) is 33.1 Å². The van der Waals surface area contributed by atoms with Crippen LogP contribution in [-0.4, -0.2) is 68.6 Å². The van der Waals surface area contributed by atoms with E-state index in [0.29, 0.717) is 11.9 Å². The molecule has 0 atom stereocenters. The van der Waals surface area contributed by atoms with Crippen molar-refractivity contribution in [3.05, 3.63) is 0 Å². The third-order valence-corrected chi connectivity index (χ3v) is 3.79. The normalized spacial score (nSPS) is 17.8. The van der Waals surface area contributed by atoms with Crippen molar-refractivity contribution in [3.63, 3.8) is 0 Å². The molecule has 0 spiro atoms. The van der Waals surface area contributed by atoms with Gasteiger partial charge in [-0.3, -0.25) is 4.99 Å². The van der Waals surface area contributed by atoms with Crippen LogP contribution in [0.15, 0.2) is 4.99 Å². The first kappa shape index (κ1) is 20.9. The Morgan fingerprint density at radius 2 is 1.86 bits per heavy atom. The molecule has 21 heavy (non-hydrogen) atoms. The minimum absolute atomic E-state index is 0. The van der Waals surface area contributed by atoms with Crippen molar-refractivity contribution < 1.29 is 0 Å². The zero-order chi connectivity index (χ0) is 14.8. The van der Waals surface area contributed by atoms with Crippen LogP contribution in [0.4, 0.5) is 0 Å². The number of hydrogen-bond donors (Lipinski definition) is 2. The molecule has 0 aromatic carbocycles. The maximum absolute atomic E-state index is 5.82. The predicted octanol–water partition coefficient (Wildman–Crippen LogP) is 1.58. The SMILES string of the molecule is CC(C)CCNC(N)=NCCCCN1CCN(C)CC1.I. The lowest BCUT2D eigenvalue weighted by Crippen LogP contribution is -2.44. The second kappa shape index (κ2) is 12.5. The quantitative estimate of drug-likeness (QED) is 0.276. The zero-order valence-corrected chi connectivity index (χ0v) is 16.3. The second-order valence-electron chi connectivity index (χ2n) is 6.23.